The fraction of sp³-hybridized carbons (Fsp3) is 0.455. The summed E-state index contributed by atoms with van der Waals surface area (Å²) >= 11 is 0. The van der Waals surface area contributed by atoms with Gasteiger partial charge in [0, 0.05) is 17.3 Å². The number of nitrogens with one attached hydrogen (secondary N) is 3. The van der Waals surface area contributed by atoms with Gasteiger partial charge in [0.15, 0.2) is 0 Å². The van der Waals surface area contributed by atoms with Crippen LogP contribution >= 0.6 is 0 Å². The first-order valence-electron chi connectivity index (χ1n) is 10.2. The Hall–Kier alpha value is -3.22. The number of hydrogen-bond donors (Lipinski definition) is 3. The van der Waals surface area contributed by atoms with Crippen molar-refractivity contribution in [3.05, 3.63) is 47.8 Å². The second kappa shape index (κ2) is 8.49. The van der Waals surface area contributed by atoms with Crippen LogP contribution in [0.3, 0.4) is 0 Å². The minimum absolute atomic E-state index is 0.0763. The van der Waals surface area contributed by atoms with Crippen LogP contribution in [-0.2, 0) is 14.9 Å². The summed E-state index contributed by atoms with van der Waals surface area (Å²) in [7, 11) is 0. The molecule has 0 radical (unpaired) electrons. The number of carbonyl (C=O) groups is 1. The second-order valence-corrected chi connectivity index (χ2v) is 8.76. The highest BCUT2D eigenvalue weighted by molar-refractivity contribution is 5.89. The number of amides is 2. The first-order chi connectivity index (χ1) is 14.8. The molecule has 1 aromatic carbocycles. The number of hydrogen-bond acceptors (Lipinski definition) is 7. The number of nitrogens with zero attached hydrogens (tertiary/aromatic N) is 3. The Labute approximate surface area is 181 Å². The molecule has 4 atom stereocenters. The third kappa shape index (κ3) is 4.76. The monoisotopic (exact) mass is 422 g/mol. The molecule has 2 amide bonds. The third-order valence-corrected chi connectivity index (χ3v) is 5.36. The summed E-state index contributed by atoms with van der Waals surface area (Å²) in [6.07, 6.45) is 1.27. The molecule has 4 rings (SSSR count). The summed E-state index contributed by atoms with van der Waals surface area (Å²) in [5.41, 5.74) is 1.90. The maximum Gasteiger partial charge on any atom is 0.319 e. The van der Waals surface area contributed by atoms with Gasteiger partial charge in [-0.05, 0) is 24.3 Å². The van der Waals surface area contributed by atoms with Crippen molar-refractivity contribution < 1.29 is 14.3 Å². The number of nitriles is 1. The largest absolute Gasteiger partial charge is 0.371 e. The van der Waals surface area contributed by atoms with Gasteiger partial charge in [0.25, 0.3) is 0 Å². The van der Waals surface area contributed by atoms with Gasteiger partial charge in [-0.25, -0.2) is 14.8 Å². The van der Waals surface area contributed by atoms with Gasteiger partial charge in [-0.2, -0.15) is 5.26 Å². The second-order valence-electron chi connectivity index (χ2n) is 8.76. The minimum Gasteiger partial charge on any atom is -0.371 e. The van der Waals surface area contributed by atoms with E-state index in [1.54, 1.807) is 30.5 Å². The smallest absolute Gasteiger partial charge is 0.319 e. The zero-order valence-electron chi connectivity index (χ0n) is 17.8. The van der Waals surface area contributed by atoms with E-state index in [0.29, 0.717) is 30.4 Å². The molecule has 2 saturated heterocycles. The highest BCUT2D eigenvalue weighted by Gasteiger charge is 2.48. The van der Waals surface area contributed by atoms with Gasteiger partial charge >= 0.3 is 6.03 Å². The molecular weight excluding hydrogens is 396 g/mol. The molecule has 0 spiro atoms. The lowest BCUT2D eigenvalue weighted by molar-refractivity contribution is 0.0683. The van der Waals surface area contributed by atoms with E-state index < -0.39 is 0 Å². The number of aromatic nitrogens is 2. The van der Waals surface area contributed by atoms with Gasteiger partial charge in [0.05, 0.1) is 42.6 Å². The Morgan fingerprint density at radius 3 is 2.65 bits per heavy atom. The van der Waals surface area contributed by atoms with E-state index in [2.05, 4.69) is 52.8 Å². The van der Waals surface area contributed by atoms with Crippen molar-refractivity contribution in [2.45, 2.75) is 50.5 Å². The number of urea groups is 1. The molecule has 9 nitrogen and oxygen atoms in total. The number of ether oxygens (including phenoxy) is 2. The van der Waals surface area contributed by atoms with E-state index in [4.69, 9.17) is 14.7 Å². The van der Waals surface area contributed by atoms with E-state index in [1.165, 1.54) is 0 Å². The molecule has 3 heterocycles. The molecule has 2 aliphatic heterocycles. The summed E-state index contributed by atoms with van der Waals surface area (Å²) in [4.78, 5) is 21.3. The molecule has 2 fully saturated rings. The van der Waals surface area contributed by atoms with Crippen molar-refractivity contribution >= 4 is 17.7 Å². The Morgan fingerprint density at radius 1 is 1.16 bits per heavy atom. The van der Waals surface area contributed by atoms with Crippen molar-refractivity contribution in [3.8, 4) is 6.07 Å². The van der Waals surface area contributed by atoms with Crippen molar-refractivity contribution in [3.63, 3.8) is 0 Å². The number of anilines is 2. The topological polar surface area (TPSA) is 121 Å². The van der Waals surface area contributed by atoms with Crippen molar-refractivity contribution in [1.82, 2.24) is 15.3 Å². The molecule has 0 unspecified atom stereocenters. The van der Waals surface area contributed by atoms with Crippen LogP contribution in [0.1, 0.15) is 32.0 Å². The van der Waals surface area contributed by atoms with E-state index in [9.17, 15) is 4.79 Å². The highest BCUT2D eigenvalue weighted by atomic mass is 16.6. The SMILES string of the molecule is CC(C)(C)c1ccnc(N[C@H]2CO[C@H]3[C@@H]2OC[C@@H]3NC(=O)Nc2cccc(C#N)c2)n1. The summed E-state index contributed by atoms with van der Waals surface area (Å²) in [6.45, 7) is 7.09. The summed E-state index contributed by atoms with van der Waals surface area (Å²) in [6, 6.07) is 9.95. The van der Waals surface area contributed by atoms with E-state index >= 15 is 0 Å². The lowest BCUT2D eigenvalue weighted by Crippen LogP contribution is -2.46. The maximum atomic E-state index is 12.4. The van der Waals surface area contributed by atoms with Gasteiger partial charge in [0.1, 0.15) is 12.2 Å². The first-order valence-corrected chi connectivity index (χ1v) is 10.2. The zero-order chi connectivity index (χ0) is 22.0. The Bertz CT molecular complexity index is 999. The normalized spacial score (nSPS) is 24.8. The van der Waals surface area contributed by atoms with Crippen LogP contribution in [0.5, 0.6) is 0 Å². The van der Waals surface area contributed by atoms with Gasteiger partial charge in [-0.1, -0.05) is 26.8 Å². The van der Waals surface area contributed by atoms with Gasteiger partial charge in [0.2, 0.25) is 5.95 Å². The minimum atomic E-state index is -0.370. The van der Waals surface area contributed by atoms with Crippen molar-refractivity contribution in [2.24, 2.45) is 0 Å². The lowest BCUT2D eigenvalue weighted by Gasteiger charge is -2.21. The molecule has 3 N–H and O–H groups in total. The molecule has 0 bridgehead atoms. The Kier molecular flexibility index (Phi) is 5.76. The third-order valence-electron chi connectivity index (χ3n) is 5.36. The number of rotatable bonds is 4. The molecule has 0 saturated carbocycles. The van der Waals surface area contributed by atoms with E-state index in [-0.39, 0.29) is 35.7 Å². The number of fused-ring (bicyclic) bond motifs is 1. The fourth-order valence-corrected chi connectivity index (χ4v) is 3.76. The summed E-state index contributed by atoms with van der Waals surface area (Å²) in [5, 5.41) is 18.0. The average Bonchev–Trinajstić information content (AvgIpc) is 3.31. The van der Waals surface area contributed by atoms with Crippen molar-refractivity contribution in [1.29, 1.82) is 5.26 Å². The van der Waals surface area contributed by atoms with E-state index in [1.807, 2.05) is 6.07 Å². The average molecular weight is 422 g/mol. The van der Waals surface area contributed by atoms with Crippen LogP contribution in [0.4, 0.5) is 16.4 Å². The zero-order valence-corrected chi connectivity index (χ0v) is 17.8. The van der Waals surface area contributed by atoms with Crippen LogP contribution in [0.25, 0.3) is 0 Å². The van der Waals surface area contributed by atoms with E-state index in [0.717, 1.165) is 5.69 Å². The van der Waals surface area contributed by atoms with Gasteiger partial charge in [-0.3, -0.25) is 0 Å². The Balaban J connectivity index is 1.35. The van der Waals surface area contributed by atoms with Crippen LogP contribution in [0.2, 0.25) is 0 Å². The molecule has 0 aliphatic carbocycles. The Morgan fingerprint density at radius 2 is 1.90 bits per heavy atom. The summed E-state index contributed by atoms with van der Waals surface area (Å²) in [5.74, 6) is 0.539. The van der Waals surface area contributed by atoms with Gasteiger partial charge < -0.3 is 25.4 Å². The molecular formula is C22H26N6O3. The predicted molar refractivity (Wildman–Crippen MR) is 115 cm³/mol. The molecule has 9 heteroatoms. The quantitative estimate of drug-likeness (QED) is 0.692. The van der Waals surface area contributed by atoms with Crippen LogP contribution in [0, 0.1) is 11.3 Å². The number of benzene rings is 1. The van der Waals surface area contributed by atoms with Crippen molar-refractivity contribution in [2.75, 3.05) is 23.8 Å². The molecule has 162 valence electrons. The molecule has 2 aromatic rings. The van der Waals surface area contributed by atoms with Crippen LogP contribution in [0.15, 0.2) is 36.5 Å². The molecule has 31 heavy (non-hydrogen) atoms. The fourth-order valence-electron chi connectivity index (χ4n) is 3.76. The van der Waals surface area contributed by atoms with Gasteiger partial charge in [-0.15, -0.1) is 0 Å². The predicted octanol–water partition coefficient (Wildman–Crippen LogP) is 2.41. The molecule has 2 aliphatic rings. The van der Waals surface area contributed by atoms with Crippen LogP contribution < -0.4 is 16.0 Å². The number of carbonyl (C=O) groups excluding carboxylic acids is 1. The highest BCUT2D eigenvalue weighted by Crippen LogP contribution is 2.29. The maximum absolute atomic E-state index is 12.4. The summed E-state index contributed by atoms with van der Waals surface area (Å²) < 4.78 is 11.9. The molecule has 1 aromatic heterocycles. The van der Waals surface area contributed by atoms with Crippen LogP contribution in [-0.4, -0.2) is 53.5 Å². The lowest BCUT2D eigenvalue weighted by atomic mass is 9.92. The first kappa shape index (κ1) is 21.0. The standard InChI is InChI=1S/C22H26N6O3/c1-22(2,3)17-7-8-24-20(28-17)26-15-11-30-19-16(12-31-18(15)19)27-21(29)25-14-6-4-5-13(9-14)10-23/h4-9,15-16,18-19H,11-12H2,1-3H3,(H,24,26,28)(H2,25,27,29)/t15-,16-,18+,19+/m0/s1.